The zero-order valence-electron chi connectivity index (χ0n) is 17.6. The van der Waals surface area contributed by atoms with Crippen molar-refractivity contribution in [2.75, 3.05) is 38.7 Å². The standard InChI is InChI=1S/C21H26N4O6S/c1-30-19-8-7-16(32(28,29)25-9-11-31-12-10-25)13-18(19)23-20(26)14-17(24-21(22)27)15-5-3-2-4-6-15/h2-8,13,17H,9-12,14H2,1H3,(H,23,26)(H3,22,24,27). The molecule has 0 bridgehead atoms. The molecule has 3 rings (SSSR count). The van der Waals surface area contributed by atoms with E-state index in [0.29, 0.717) is 24.5 Å². The van der Waals surface area contributed by atoms with Crippen LogP contribution in [-0.4, -0.2) is 58.1 Å². The second-order valence-electron chi connectivity index (χ2n) is 7.10. The van der Waals surface area contributed by atoms with Gasteiger partial charge in [-0.15, -0.1) is 0 Å². The zero-order valence-corrected chi connectivity index (χ0v) is 18.4. The number of carbonyl (C=O) groups excluding carboxylic acids is 2. The van der Waals surface area contributed by atoms with E-state index in [1.54, 1.807) is 24.3 Å². The molecule has 0 saturated carbocycles. The Morgan fingerprint density at radius 2 is 1.84 bits per heavy atom. The Balaban J connectivity index is 1.81. The molecule has 0 aromatic heterocycles. The SMILES string of the molecule is COc1ccc(S(=O)(=O)N2CCOCC2)cc1NC(=O)CC(NC(N)=O)c1ccccc1. The molecule has 1 saturated heterocycles. The van der Waals surface area contributed by atoms with Crippen LogP contribution in [0.3, 0.4) is 0 Å². The number of ether oxygens (including phenoxy) is 2. The van der Waals surface area contributed by atoms with Crippen LogP contribution in [0.25, 0.3) is 0 Å². The van der Waals surface area contributed by atoms with E-state index in [0.717, 1.165) is 0 Å². The fraction of sp³-hybridized carbons (Fsp3) is 0.333. The molecule has 0 radical (unpaired) electrons. The van der Waals surface area contributed by atoms with Crippen molar-refractivity contribution < 1.29 is 27.5 Å². The number of carbonyl (C=O) groups is 2. The lowest BCUT2D eigenvalue weighted by Gasteiger charge is -2.26. The summed E-state index contributed by atoms with van der Waals surface area (Å²) in [6, 6.07) is 11.8. The van der Waals surface area contributed by atoms with Gasteiger partial charge in [-0.3, -0.25) is 4.79 Å². The highest BCUT2D eigenvalue weighted by atomic mass is 32.2. The highest BCUT2D eigenvalue weighted by molar-refractivity contribution is 7.89. The number of hydrogen-bond acceptors (Lipinski definition) is 6. The van der Waals surface area contributed by atoms with Crippen LogP contribution < -0.4 is 21.1 Å². The molecule has 3 amide bonds. The number of primary amides is 1. The van der Waals surface area contributed by atoms with E-state index < -0.39 is 28.0 Å². The number of nitrogens with zero attached hydrogens (tertiary/aromatic N) is 1. The fourth-order valence-electron chi connectivity index (χ4n) is 3.38. The molecular formula is C21H26N4O6S. The van der Waals surface area contributed by atoms with Crippen molar-refractivity contribution in [2.45, 2.75) is 17.4 Å². The summed E-state index contributed by atoms with van der Waals surface area (Å²) in [5.74, 6) is -0.148. The molecule has 10 nitrogen and oxygen atoms in total. The molecule has 0 aliphatic carbocycles. The number of nitrogens with two attached hydrogens (primary N) is 1. The van der Waals surface area contributed by atoms with Gasteiger partial charge < -0.3 is 25.8 Å². The van der Waals surface area contributed by atoms with Crippen LogP contribution in [0.5, 0.6) is 5.75 Å². The van der Waals surface area contributed by atoms with Gasteiger partial charge >= 0.3 is 6.03 Å². The predicted molar refractivity (Wildman–Crippen MR) is 118 cm³/mol. The molecule has 32 heavy (non-hydrogen) atoms. The number of amides is 3. The number of methoxy groups -OCH3 is 1. The van der Waals surface area contributed by atoms with E-state index >= 15 is 0 Å². The molecule has 1 aliphatic rings. The van der Waals surface area contributed by atoms with E-state index in [1.165, 1.54) is 29.6 Å². The van der Waals surface area contributed by atoms with Crippen molar-refractivity contribution in [1.82, 2.24) is 9.62 Å². The quantitative estimate of drug-likeness (QED) is 0.542. The Morgan fingerprint density at radius 1 is 1.16 bits per heavy atom. The Hall–Kier alpha value is -3.15. The van der Waals surface area contributed by atoms with Crippen LogP contribution in [0.4, 0.5) is 10.5 Å². The first kappa shape index (κ1) is 23.5. The number of sulfonamides is 1. The number of morpholine rings is 1. The summed E-state index contributed by atoms with van der Waals surface area (Å²) < 4.78 is 37.8. The maximum absolute atomic E-state index is 13.0. The van der Waals surface area contributed by atoms with Gasteiger partial charge in [0.2, 0.25) is 15.9 Å². The lowest BCUT2D eigenvalue weighted by atomic mass is 10.0. The lowest BCUT2D eigenvalue weighted by Crippen LogP contribution is -2.40. The molecule has 172 valence electrons. The highest BCUT2D eigenvalue weighted by Crippen LogP contribution is 2.30. The molecule has 11 heteroatoms. The molecule has 1 atom stereocenters. The Labute approximate surface area is 186 Å². The average molecular weight is 463 g/mol. The second-order valence-corrected chi connectivity index (χ2v) is 9.04. The summed E-state index contributed by atoms with van der Waals surface area (Å²) in [6.07, 6.45) is -0.115. The third-order valence-corrected chi connectivity index (χ3v) is 6.86. The van der Waals surface area contributed by atoms with Gasteiger partial charge in [0.15, 0.2) is 0 Å². The van der Waals surface area contributed by atoms with Gasteiger partial charge in [-0.2, -0.15) is 4.31 Å². The van der Waals surface area contributed by atoms with E-state index in [9.17, 15) is 18.0 Å². The van der Waals surface area contributed by atoms with Gasteiger partial charge in [0, 0.05) is 13.1 Å². The minimum absolute atomic E-state index is 0.0328. The van der Waals surface area contributed by atoms with Gasteiger partial charge in [0.05, 0.1) is 43.4 Å². The smallest absolute Gasteiger partial charge is 0.312 e. The minimum atomic E-state index is -3.75. The van der Waals surface area contributed by atoms with Crippen LogP contribution in [-0.2, 0) is 19.6 Å². The minimum Gasteiger partial charge on any atom is -0.495 e. The maximum atomic E-state index is 13.0. The second kappa shape index (κ2) is 10.4. The fourth-order valence-corrected chi connectivity index (χ4v) is 4.81. The summed E-state index contributed by atoms with van der Waals surface area (Å²) in [7, 11) is -2.34. The molecule has 1 unspecified atom stereocenters. The third-order valence-electron chi connectivity index (χ3n) is 4.96. The highest BCUT2D eigenvalue weighted by Gasteiger charge is 2.27. The zero-order chi connectivity index (χ0) is 23.1. The van der Waals surface area contributed by atoms with Crippen LogP contribution in [0, 0.1) is 0 Å². The third kappa shape index (κ3) is 5.75. The van der Waals surface area contributed by atoms with E-state index in [1.807, 2.05) is 6.07 Å². The first-order valence-corrected chi connectivity index (χ1v) is 11.4. The molecule has 1 heterocycles. The summed E-state index contributed by atoms with van der Waals surface area (Å²) in [6.45, 7) is 1.17. The van der Waals surface area contributed by atoms with Crippen LogP contribution in [0.15, 0.2) is 53.4 Å². The molecule has 1 aliphatic heterocycles. The monoisotopic (exact) mass is 462 g/mol. The Bertz CT molecular complexity index is 1060. The maximum Gasteiger partial charge on any atom is 0.312 e. The number of urea groups is 1. The van der Waals surface area contributed by atoms with Gasteiger partial charge in [0.1, 0.15) is 5.75 Å². The summed E-state index contributed by atoms with van der Waals surface area (Å²) >= 11 is 0. The molecule has 2 aromatic rings. The van der Waals surface area contributed by atoms with Crippen molar-refractivity contribution in [3.05, 3.63) is 54.1 Å². The van der Waals surface area contributed by atoms with Gasteiger partial charge in [-0.05, 0) is 23.8 Å². The average Bonchev–Trinajstić information content (AvgIpc) is 2.79. The number of benzene rings is 2. The lowest BCUT2D eigenvalue weighted by molar-refractivity contribution is -0.116. The first-order chi connectivity index (χ1) is 15.3. The number of anilines is 1. The van der Waals surface area contributed by atoms with Gasteiger partial charge in [-0.25, -0.2) is 13.2 Å². The van der Waals surface area contributed by atoms with Crippen molar-refractivity contribution in [1.29, 1.82) is 0 Å². The first-order valence-electron chi connectivity index (χ1n) is 9.98. The summed E-state index contributed by atoms with van der Waals surface area (Å²) in [5, 5.41) is 5.24. The normalized spacial score (nSPS) is 15.5. The van der Waals surface area contributed by atoms with Crippen molar-refractivity contribution >= 4 is 27.6 Å². The van der Waals surface area contributed by atoms with Crippen LogP contribution in [0.1, 0.15) is 18.0 Å². The Kier molecular flexibility index (Phi) is 7.67. The van der Waals surface area contributed by atoms with Crippen molar-refractivity contribution in [3.63, 3.8) is 0 Å². The van der Waals surface area contributed by atoms with Gasteiger partial charge in [-0.1, -0.05) is 30.3 Å². The Morgan fingerprint density at radius 3 is 2.47 bits per heavy atom. The topological polar surface area (TPSA) is 140 Å². The van der Waals surface area contributed by atoms with Crippen LogP contribution >= 0.6 is 0 Å². The summed E-state index contributed by atoms with van der Waals surface area (Å²) in [5.41, 5.74) is 6.17. The van der Waals surface area contributed by atoms with Crippen LogP contribution in [0.2, 0.25) is 0 Å². The van der Waals surface area contributed by atoms with E-state index in [-0.39, 0.29) is 30.1 Å². The molecule has 1 fully saturated rings. The summed E-state index contributed by atoms with van der Waals surface area (Å²) in [4.78, 5) is 24.2. The number of rotatable bonds is 8. The van der Waals surface area contributed by atoms with E-state index in [2.05, 4.69) is 10.6 Å². The van der Waals surface area contributed by atoms with Crippen molar-refractivity contribution in [3.8, 4) is 5.75 Å². The predicted octanol–water partition coefficient (Wildman–Crippen LogP) is 1.45. The molecule has 2 aromatic carbocycles. The largest absolute Gasteiger partial charge is 0.495 e. The number of hydrogen-bond donors (Lipinski definition) is 3. The number of nitrogens with one attached hydrogen (secondary N) is 2. The van der Waals surface area contributed by atoms with Gasteiger partial charge in [0.25, 0.3) is 0 Å². The van der Waals surface area contributed by atoms with Crippen molar-refractivity contribution in [2.24, 2.45) is 5.73 Å². The molecule has 4 N–H and O–H groups in total. The van der Waals surface area contributed by atoms with E-state index in [4.69, 9.17) is 15.2 Å². The molecule has 0 spiro atoms. The molecular weight excluding hydrogens is 436 g/mol.